The summed E-state index contributed by atoms with van der Waals surface area (Å²) in [5.74, 6) is 0.112. The largest absolute Gasteiger partial charge is 0.273 e. The third kappa shape index (κ3) is 1.99. The van der Waals surface area contributed by atoms with Gasteiger partial charge in [-0.3, -0.25) is 9.69 Å². The topological polar surface area (TPSA) is 20.3 Å². The molecule has 0 radical (unpaired) electrons. The average molecular weight is 251 g/mol. The summed E-state index contributed by atoms with van der Waals surface area (Å²) < 4.78 is 0.667. The Morgan fingerprint density at radius 2 is 2.00 bits per heavy atom. The van der Waals surface area contributed by atoms with Crippen molar-refractivity contribution in [3.63, 3.8) is 0 Å². The van der Waals surface area contributed by atoms with E-state index in [1.54, 1.807) is 4.90 Å². The van der Waals surface area contributed by atoms with Gasteiger partial charge in [-0.25, -0.2) is 0 Å². The van der Waals surface area contributed by atoms with Gasteiger partial charge in [0.2, 0.25) is 5.91 Å². The first-order chi connectivity index (χ1) is 7.63. The van der Waals surface area contributed by atoms with E-state index in [1.165, 1.54) is 17.3 Å². The van der Waals surface area contributed by atoms with Gasteiger partial charge < -0.3 is 0 Å². The Bertz CT molecular complexity index is 427. The highest BCUT2D eigenvalue weighted by molar-refractivity contribution is 8.25. The lowest BCUT2D eigenvalue weighted by Gasteiger charge is -2.15. The van der Waals surface area contributed by atoms with Crippen molar-refractivity contribution in [3.05, 3.63) is 29.8 Å². The number of hydrogen-bond acceptors (Lipinski definition) is 3. The second-order valence-electron chi connectivity index (χ2n) is 3.79. The molecule has 1 aromatic rings. The summed E-state index contributed by atoms with van der Waals surface area (Å²) in [5.41, 5.74) is 2.06. The van der Waals surface area contributed by atoms with E-state index in [1.807, 2.05) is 38.1 Å². The fourth-order valence-electron chi connectivity index (χ4n) is 1.64. The maximum atomic E-state index is 12.0. The molecule has 1 heterocycles. The van der Waals surface area contributed by atoms with Gasteiger partial charge in [-0.2, -0.15) is 0 Å². The SMILES string of the molecule is CCC1SC(=S)N(c2ccc(C)cc2)C1=O. The van der Waals surface area contributed by atoms with Crippen molar-refractivity contribution in [2.75, 3.05) is 4.90 Å². The van der Waals surface area contributed by atoms with Gasteiger partial charge in [0, 0.05) is 0 Å². The van der Waals surface area contributed by atoms with Crippen LogP contribution in [-0.4, -0.2) is 15.5 Å². The van der Waals surface area contributed by atoms with Crippen molar-refractivity contribution < 1.29 is 4.79 Å². The van der Waals surface area contributed by atoms with Crippen LogP contribution in [0.5, 0.6) is 0 Å². The number of aryl methyl sites for hydroxylation is 1. The summed E-state index contributed by atoms with van der Waals surface area (Å²) in [4.78, 5) is 13.7. The van der Waals surface area contributed by atoms with E-state index < -0.39 is 0 Å². The summed E-state index contributed by atoms with van der Waals surface area (Å²) in [6, 6.07) is 7.88. The van der Waals surface area contributed by atoms with Crippen LogP contribution in [0.3, 0.4) is 0 Å². The molecule has 2 rings (SSSR count). The predicted octanol–water partition coefficient (Wildman–Crippen LogP) is 3.14. The van der Waals surface area contributed by atoms with Crippen LogP contribution in [0.1, 0.15) is 18.9 Å². The molecular formula is C12H13NOS2. The number of carbonyl (C=O) groups is 1. The van der Waals surface area contributed by atoms with Crippen molar-refractivity contribution >= 4 is 39.9 Å². The Morgan fingerprint density at radius 1 is 1.38 bits per heavy atom. The number of thiocarbonyl (C=S) groups is 1. The van der Waals surface area contributed by atoms with Crippen LogP contribution < -0.4 is 4.90 Å². The summed E-state index contributed by atoms with van der Waals surface area (Å²) in [7, 11) is 0. The fourth-order valence-corrected chi connectivity index (χ4v) is 3.10. The highest BCUT2D eigenvalue weighted by atomic mass is 32.2. The summed E-state index contributed by atoms with van der Waals surface area (Å²) in [6.07, 6.45) is 0.825. The number of amides is 1. The smallest absolute Gasteiger partial charge is 0.246 e. The molecule has 1 unspecified atom stereocenters. The lowest BCUT2D eigenvalue weighted by molar-refractivity contribution is -0.116. The first-order valence-corrected chi connectivity index (χ1v) is 6.53. The van der Waals surface area contributed by atoms with Crippen LogP contribution in [0.25, 0.3) is 0 Å². The molecule has 1 amide bonds. The van der Waals surface area contributed by atoms with Crippen molar-refractivity contribution in [2.45, 2.75) is 25.5 Å². The molecule has 1 aliphatic rings. The van der Waals surface area contributed by atoms with Gasteiger partial charge in [0.1, 0.15) is 4.32 Å². The van der Waals surface area contributed by atoms with E-state index in [0.717, 1.165) is 12.1 Å². The molecule has 16 heavy (non-hydrogen) atoms. The molecule has 1 aliphatic heterocycles. The van der Waals surface area contributed by atoms with E-state index >= 15 is 0 Å². The van der Waals surface area contributed by atoms with Gasteiger partial charge in [0.25, 0.3) is 0 Å². The molecule has 0 aliphatic carbocycles. The second kappa shape index (κ2) is 4.55. The minimum atomic E-state index is -0.00574. The molecule has 0 N–H and O–H groups in total. The van der Waals surface area contributed by atoms with E-state index in [4.69, 9.17) is 12.2 Å². The lowest BCUT2D eigenvalue weighted by Crippen LogP contribution is -2.30. The molecule has 4 heteroatoms. The Labute approximate surface area is 105 Å². The predicted molar refractivity (Wildman–Crippen MR) is 72.9 cm³/mol. The van der Waals surface area contributed by atoms with Gasteiger partial charge in [0.05, 0.1) is 10.9 Å². The van der Waals surface area contributed by atoms with Crippen LogP contribution in [0.4, 0.5) is 5.69 Å². The van der Waals surface area contributed by atoms with E-state index in [9.17, 15) is 4.79 Å². The number of benzene rings is 1. The third-order valence-electron chi connectivity index (χ3n) is 2.58. The molecular weight excluding hydrogens is 238 g/mol. The van der Waals surface area contributed by atoms with Crippen LogP contribution in [0, 0.1) is 6.92 Å². The first kappa shape index (κ1) is 11.6. The molecule has 84 valence electrons. The molecule has 0 aromatic heterocycles. The lowest BCUT2D eigenvalue weighted by atomic mass is 10.2. The van der Waals surface area contributed by atoms with Gasteiger partial charge in [-0.1, -0.05) is 48.6 Å². The highest BCUT2D eigenvalue weighted by Gasteiger charge is 2.36. The maximum Gasteiger partial charge on any atom is 0.246 e. The van der Waals surface area contributed by atoms with Crippen molar-refractivity contribution in [1.29, 1.82) is 0 Å². The summed E-state index contributed by atoms with van der Waals surface area (Å²) in [6.45, 7) is 4.04. The number of thioether (sulfide) groups is 1. The van der Waals surface area contributed by atoms with E-state index in [2.05, 4.69) is 0 Å². The summed E-state index contributed by atoms with van der Waals surface area (Å²) >= 11 is 6.73. The molecule has 0 spiro atoms. The minimum Gasteiger partial charge on any atom is -0.273 e. The zero-order valence-electron chi connectivity index (χ0n) is 9.27. The molecule has 1 saturated heterocycles. The number of anilines is 1. The second-order valence-corrected chi connectivity index (χ2v) is 5.63. The Morgan fingerprint density at radius 3 is 2.50 bits per heavy atom. The zero-order chi connectivity index (χ0) is 11.7. The van der Waals surface area contributed by atoms with Gasteiger partial charge in [-0.05, 0) is 25.5 Å². The van der Waals surface area contributed by atoms with Crippen LogP contribution in [0.2, 0.25) is 0 Å². The third-order valence-corrected chi connectivity index (χ3v) is 4.26. The van der Waals surface area contributed by atoms with Crippen molar-refractivity contribution in [2.24, 2.45) is 0 Å². The van der Waals surface area contributed by atoms with Crippen molar-refractivity contribution in [3.8, 4) is 0 Å². The maximum absolute atomic E-state index is 12.0. The van der Waals surface area contributed by atoms with Crippen LogP contribution in [-0.2, 0) is 4.79 Å². The Hall–Kier alpha value is -0.870. The van der Waals surface area contributed by atoms with Gasteiger partial charge in [-0.15, -0.1) is 0 Å². The highest BCUT2D eigenvalue weighted by Crippen LogP contribution is 2.33. The standard InChI is InChI=1S/C12H13NOS2/c1-3-10-11(14)13(12(15)16-10)9-6-4-8(2)5-7-9/h4-7,10H,3H2,1-2H3. The quantitative estimate of drug-likeness (QED) is 0.753. The molecule has 2 nitrogen and oxygen atoms in total. The average Bonchev–Trinajstić information content (AvgIpc) is 2.56. The van der Waals surface area contributed by atoms with Gasteiger partial charge >= 0.3 is 0 Å². The number of hydrogen-bond donors (Lipinski definition) is 0. The van der Waals surface area contributed by atoms with Gasteiger partial charge in [0.15, 0.2) is 0 Å². The zero-order valence-corrected chi connectivity index (χ0v) is 10.9. The van der Waals surface area contributed by atoms with Crippen LogP contribution in [0.15, 0.2) is 24.3 Å². The molecule has 1 atom stereocenters. The Balaban J connectivity index is 2.31. The molecule has 1 aromatic carbocycles. The van der Waals surface area contributed by atoms with Crippen molar-refractivity contribution in [1.82, 2.24) is 0 Å². The van der Waals surface area contributed by atoms with E-state index in [0.29, 0.717) is 4.32 Å². The first-order valence-electron chi connectivity index (χ1n) is 5.24. The number of carbonyl (C=O) groups excluding carboxylic acids is 1. The van der Waals surface area contributed by atoms with E-state index in [-0.39, 0.29) is 11.2 Å². The normalized spacial score (nSPS) is 20.6. The molecule has 0 bridgehead atoms. The number of nitrogens with zero attached hydrogens (tertiary/aromatic N) is 1. The molecule has 0 saturated carbocycles. The fraction of sp³-hybridized carbons (Fsp3) is 0.333. The number of rotatable bonds is 2. The Kier molecular flexibility index (Phi) is 3.30. The monoisotopic (exact) mass is 251 g/mol. The summed E-state index contributed by atoms with van der Waals surface area (Å²) in [5, 5.41) is -0.00574. The molecule has 1 fully saturated rings. The van der Waals surface area contributed by atoms with Crippen LogP contribution >= 0.6 is 24.0 Å². The minimum absolute atomic E-state index is 0.00574.